The van der Waals surface area contributed by atoms with Gasteiger partial charge in [-0.05, 0) is 69.2 Å². The number of hydrogen-bond donors (Lipinski definition) is 1. The maximum absolute atomic E-state index is 13.1. The number of ether oxygens (including phenoxy) is 1. The lowest BCUT2D eigenvalue weighted by molar-refractivity contribution is -0.132. The van der Waals surface area contributed by atoms with Crippen LogP contribution in [0.5, 0.6) is 5.75 Å². The second-order valence-electron chi connectivity index (χ2n) is 7.65. The minimum absolute atomic E-state index is 0.120. The molecule has 0 spiro atoms. The molecule has 0 aliphatic carbocycles. The van der Waals surface area contributed by atoms with Crippen molar-refractivity contribution < 1.29 is 17.9 Å². The molecule has 152 valence electrons. The largest absolute Gasteiger partial charge is 0.494 e. The number of hydrogen-bond acceptors (Lipinski definition) is 4. The summed E-state index contributed by atoms with van der Waals surface area (Å²) >= 11 is 0. The molecular weight excluding hydrogens is 364 g/mol. The first-order valence-electron chi connectivity index (χ1n) is 9.70. The predicted octanol–water partition coefficient (Wildman–Crippen LogP) is 3.02. The van der Waals surface area contributed by atoms with Crippen molar-refractivity contribution >= 4 is 15.9 Å². The van der Waals surface area contributed by atoms with Crippen molar-refractivity contribution in [1.29, 1.82) is 0 Å². The molecular formula is C20H32N2O4S. The molecule has 1 aromatic rings. The molecule has 1 heterocycles. The monoisotopic (exact) mass is 396 g/mol. The average Bonchev–Trinajstić information content (AvgIpc) is 3.10. The van der Waals surface area contributed by atoms with Crippen LogP contribution in [0.15, 0.2) is 17.0 Å². The number of aryl methyl sites for hydroxylation is 2. The standard InChI is InChI=1S/C20H32N2O4S/c1-6-26-18-12-16(5)19(13-15(18)4)27(24,25)21-17(11-14(2)3)20(23)22-9-7-8-10-22/h12-14,17,21H,6-11H2,1-5H3/t17-/m0/s1. The van der Waals surface area contributed by atoms with Crippen molar-refractivity contribution in [3.8, 4) is 5.75 Å². The highest BCUT2D eigenvalue weighted by Gasteiger charge is 2.31. The zero-order chi connectivity index (χ0) is 20.2. The number of benzene rings is 1. The molecule has 1 aromatic carbocycles. The van der Waals surface area contributed by atoms with E-state index in [1.165, 1.54) is 0 Å². The van der Waals surface area contributed by atoms with Crippen LogP contribution >= 0.6 is 0 Å². The Morgan fingerprint density at radius 3 is 2.37 bits per heavy atom. The van der Waals surface area contributed by atoms with Crippen LogP contribution in [0.2, 0.25) is 0 Å². The van der Waals surface area contributed by atoms with E-state index in [2.05, 4.69) is 4.72 Å². The number of nitrogens with zero attached hydrogens (tertiary/aromatic N) is 1. The van der Waals surface area contributed by atoms with E-state index in [4.69, 9.17) is 4.74 Å². The molecule has 0 radical (unpaired) electrons. The van der Waals surface area contributed by atoms with Crippen LogP contribution in [0.25, 0.3) is 0 Å². The first kappa shape index (κ1) is 21.7. The highest BCUT2D eigenvalue weighted by Crippen LogP contribution is 2.26. The number of likely N-dealkylation sites (tertiary alicyclic amines) is 1. The molecule has 1 saturated heterocycles. The van der Waals surface area contributed by atoms with E-state index in [0.717, 1.165) is 18.4 Å². The lowest BCUT2D eigenvalue weighted by atomic mass is 10.0. The van der Waals surface area contributed by atoms with Crippen LogP contribution in [-0.2, 0) is 14.8 Å². The Balaban J connectivity index is 2.30. The molecule has 1 amide bonds. The van der Waals surface area contributed by atoms with E-state index >= 15 is 0 Å². The zero-order valence-electron chi connectivity index (χ0n) is 17.0. The number of nitrogens with one attached hydrogen (secondary N) is 1. The Kier molecular flexibility index (Phi) is 7.28. The fraction of sp³-hybridized carbons (Fsp3) is 0.650. The molecule has 1 atom stereocenters. The smallest absolute Gasteiger partial charge is 0.241 e. The summed E-state index contributed by atoms with van der Waals surface area (Å²) < 4.78 is 34.4. The molecule has 1 N–H and O–H groups in total. The second kappa shape index (κ2) is 9.06. The number of carbonyl (C=O) groups is 1. The van der Waals surface area contributed by atoms with Gasteiger partial charge in [0.1, 0.15) is 11.8 Å². The van der Waals surface area contributed by atoms with E-state index in [1.807, 2.05) is 27.7 Å². The van der Waals surface area contributed by atoms with Gasteiger partial charge in [-0.15, -0.1) is 0 Å². The Labute approximate surface area is 163 Å². The Bertz CT molecular complexity index is 768. The van der Waals surface area contributed by atoms with Gasteiger partial charge >= 0.3 is 0 Å². The molecule has 1 aliphatic rings. The summed E-state index contributed by atoms with van der Waals surface area (Å²) in [4.78, 5) is 14.8. The van der Waals surface area contributed by atoms with Crippen LogP contribution < -0.4 is 9.46 Å². The fourth-order valence-corrected chi connectivity index (χ4v) is 4.96. The summed E-state index contributed by atoms with van der Waals surface area (Å²) in [5.74, 6) is 0.762. The molecule has 1 aliphatic heterocycles. The van der Waals surface area contributed by atoms with Crippen molar-refractivity contribution in [1.82, 2.24) is 9.62 Å². The molecule has 0 unspecified atom stereocenters. The quantitative estimate of drug-likeness (QED) is 0.733. The zero-order valence-corrected chi connectivity index (χ0v) is 17.9. The van der Waals surface area contributed by atoms with Crippen molar-refractivity contribution in [3.63, 3.8) is 0 Å². The minimum atomic E-state index is -3.82. The average molecular weight is 397 g/mol. The van der Waals surface area contributed by atoms with Crippen molar-refractivity contribution in [2.75, 3.05) is 19.7 Å². The van der Waals surface area contributed by atoms with E-state index in [-0.39, 0.29) is 16.7 Å². The fourth-order valence-electron chi connectivity index (χ4n) is 3.44. The van der Waals surface area contributed by atoms with Gasteiger partial charge in [0.15, 0.2) is 0 Å². The molecule has 6 nitrogen and oxygen atoms in total. The highest BCUT2D eigenvalue weighted by molar-refractivity contribution is 7.89. The van der Waals surface area contributed by atoms with Gasteiger partial charge in [0.2, 0.25) is 15.9 Å². The summed E-state index contributed by atoms with van der Waals surface area (Å²) in [5.41, 5.74) is 1.36. The van der Waals surface area contributed by atoms with Gasteiger partial charge in [-0.25, -0.2) is 8.42 Å². The highest BCUT2D eigenvalue weighted by atomic mass is 32.2. The third kappa shape index (κ3) is 5.45. The van der Waals surface area contributed by atoms with Gasteiger partial charge in [0.25, 0.3) is 0 Å². The maximum Gasteiger partial charge on any atom is 0.241 e. The van der Waals surface area contributed by atoms with Gasteiger partial charge < -0.3 is 9.64 Å². The van der Waals surface area contributed by atoms with Crippen LogP contribution in [0, 0.1) is 19.8 Å². The third-order valence-electron chi connectivity index (χ3n) is 4.78. The van der Waals surface area contributed by atoms with Crippen LogP contribution in [0.4, 0.5) is 0 Å². The van der Waals surface area contributed by atoms with Gasteiger partial charge in [-0.3, -0.25) is 4.79 Å². The summed E-state index contributed by atoms with van der Waals surface area (Å²) in [6.45, 7) is 11.4. The molecule has 0 bridgehead atoms. The normalized spacial score (nSPS) is 16.0. The Morgan fingerprint density at radius 2 is 1.81 bits per heavy atom. The van der Waals surface area contributed by atoms with Crippen molar-refractivity contribution in [2.45, 2.75) is 64.8 Å². The van der Waals surface area contributed by atoms with Crippen molar-refractivity contribution in [3.05, 3.63) is 23.3 Å². The first-order valence-corrected chi connectivity index (χ1v) is 11.2. The number of sulfonamides is 1. The third-order valence-corrected chi connectivity index (χ3v) is 6.40. The number of amides is 1. The molecule has 1 fully saturated rings. The lowest BCUT2D eigenvalue weighted by Crippen LogP contribution is -2.48. The lowest BCUT2D eigenvalue weighted by Gasteiger charge is -2.25. The van der Waals surface area contributed by atoms with Crippen LogP contribution in [-0.4, -0.2) is 45.0 Å². The topological polar surface area (TPSA) is 75.7 Å². The van der Waals surface area contributed by atoms with E-state index in [0.29, 0.717) is 37.4 Å². The number of carbonyl (C=O) groups excluding carboxylic acids is 1. The van der Waals surface area contributed by atoms with Crippen molar-refractivity contribution in [2.24, 2.45) is 5.92 Å². The molecule has 7 heteroatoms. The SMILES string of the molecule is CCOc1cc(C)c(S(=O)(=O)N[C@@H](CC(C)C)C(=O)N2CCCC2)cc1C. The molecule has 27 heavy (non-hydrogen) atoms. The summed E-state index contributed by atoms with van der Waals surface area (Å²) in [7, 11) is -3.82. The first-order chi connectivity index (χ1) is 12.7. The van der Waals surface area contributed by atoms with Gasteiger partial charge in [0.05, 0.1) is 11.5 Å². The van der Waals surface area contributed by atoms with Gasteiger partial charge in [-0.2, -0.15) is 4.72 Å². The Morgan fingerprint density at radius 1 is 1.19 bits per heavy atom. The summed E-state index contributed by atoms with van der Waals surface area (Å²) in [6, 6.07) is 2.63. The van der Waals surface area contributed by atoms with E-state index in [9.17, 15) is 13.2 Å². The Hall–Kier alpha value is -1.60. The summed E-state index contributed by atoms with van der Waals surface area (Å²) in [6.07, 6.45) is 2.43. The predicted molar refractivity (Wildman–Crippen MR) is 106 cm³/mol. The van der Waals surface area contributed by atoms with Gasteiger partial charge in [0, 0.05) is 13.1 Å². The molecule has 0 aromatic heterocycles. The molecule has 2 rings (SSSR count). The van der Waals surface area contributed by atoms with Crippen LogP contribution in [0.1, 0.15) is 51.2 Å². The van der Waals surface area contributed by atoms with E-state index in [1.54, 1.807) is 24.0 Å². The van der Waals surface area contributed by atoms with Crippen LogP contribution in [0.3, 0.4) is 0 Å². The summed E-state index contributed by atoms with van der Waals surface area (Å²) in [5, 5.41) is 0. The van der Waals surface area contributed by atoms with Gasteiger partial charge in [-0.1, -0.05) is 13.8 Å². The molecule has 0 saturated carbocycles. The minimum Gasteiger partial charge on any atom is -0.494 e. The second-order valence-corrected chi connectivity index (χ2v) is 9.33. The van der Waals surface area contributed by atoms with E-state index < -0.39 is 16.1 Å². The maximum atomic E-state index is 13.1. The number of rotatable bonds is 8.